The van der Waals surface area contributed by atoms with Gasteiger partial charge in [0, 0.05) is 11.5 Å². The van der Waals surface area contributed by atoms with Gasteiger partial charge in [-0.2, -0.15) is 0 Å². The average Bonchev–Trinajstić information content (AvgIpc) is 3.18. The summed E-state index contributed by atoms with van der Waals surface area (Å²) < 4.78 is 13.9. The number of carbonyl (C=O) groups is 1. The van der Waals surface area contributed by atoms with Crippen LogP contribution in [0.2, 0.25) is 5.02 Å². The van der Waals surface area contributed by atoms with Crippen LogP contribution in [-0.2, 0) is 11.4 Å². The summed E-state index contributed by atoms with van der Waals surface area (Å²) in [4.78, 5) is 19.8. The van der Waals surface area contributed by atoms with E-state index in [1.807, 2.05) is 49.4 Å². The van der Waals surface area contributed by atoms with Crippen LogP contribution in [0.25, 0.3) is 16.8 Å². The SMILES string of the molecule is CCOc1cc(/C=C2/SC(=Nc3ccc(Br)c(Cl)c3)N(C)C2=O)cc(I)c1OCc1ccc2ccccc2c1. The minimum absolute atomic E-state index is 0.119. The summed E-state index contributed by atoms with van der Waals surface area (Å²) in [5.41, 5.74) is 2.60. The molecule has 1 aliphatic rings. The minimum Gasteiger partial charge on any atom is -0.490 e. The lowest BCUT2D eigenvalue weighted by Crippen LogP contribution is -2.23. The number of nitrogens with zero attached hydrogens (tertiary/aromatic N) is 2. The van der Waals surface area contributed by atoms with E-state index >= 15 is 0 Å². The zero-order valence-electron chi connectivity index (χ0n) is 21.1. The van der Waals surface area contributed by atoms with Gasteiger partial charge in [-0.3, -0.25) is 9.69 Å². The van der Waals surface area contributed by atoms with Gasteiger partial charge in [0.1, 0.15) is 6.61 Å². The fraction of sp³-hybridized carbons (Fsp3) is 0.133. The second-order valence-electron chi connectivity index (χ2n) is 8.70. The molecule has 5 rings (SSSR count). The lowest BCUT2D eigenvalue weighted by Gasteiger charge is -2.15. The minimum atomic E-state index is -0.119. The third-order valence-electron chi connectivity index (χ3n) is 5.96. The summed E-state index contributed by atoms with van der Waals surface area (Å²) in [6.45, 7) is 2.85. The van der Waals surface area contributed by atoms with Gasteiger partial charge in [0.05, 0.1) is 25.8 Å². The molecule has 0 bridgehead atoms. The zero-order valence-corrected chi connectivity index (χ0v) is 26.4. The summed E-state index contributed by atoms with van der Waals surface area (Å²) in [5.74, 6) is 1.20. The van der Waals surface area contributed by atoms with Gasteiger partial charge in [0.15, 0.2) is 16.7 Å². The molecule has 0 N–H and O–H groups in total. The Morgan fingerprint density at radius 1 is 1.05 bits per heavy atom. The fourth-order valence-electron chi connectivity index (χ4n) is 4.03. The largest absolute Gasteiger partial charge is 0.490 e. The number of amidine groups is 1. The molecule has 5 nitrogen and oxygen atoms in total. The Morgan fingerprint density at radius 2 is 1.85 bits per heavy atom. The number of carbonyl (C=O) groups excluding carboxylic acids is 1. The zero-order chi connectivity index (χ0) is 27.5. The Balaban J connectivity index is 1.39. The van der Waals surface area contributed by atoms with E-state index in [4.69, 9.17) is 21.1 Å². The van der Waals surface area contributed by atoms with E-state index in [0.29, 0.717) is 45.5 Å². The quantitative estimate of drug-likeness (QED) is 0.141. The van der Waals surface area contributed by atoms with Crippen LogP contribution in [0.5, 0.6) is 11.5 Å². The highest BCUT2D eigenvalue weighted by Crippen LogP contribution is 2.38. The van der Waals surface area contributed by atoms with Gasteiger partial charge in [-0.25, -0.2) is 4.99 Å². The second-order valence-corrected chi connectivity index (χ2v) is 12.1. The van der Waals surface area contributed by atoms with Crippen molar-refractivity contribution in [2.24, 2.45) is 4.99 Å². The highest BCUT2D eigenvalue weighted by molar-refractivity contribution is 14.1. The Hall–Kier alpha value is -2.53. The summed E-state index contributed by atoms with van der Waals surface area (Å²) in [5, 5.41) is 3.52. The van der Waals surface area contributed by atoms with Crippen molar-refractivity contribution >= 4 is 95.5 Å². The van der Waals surface area contributed by atoms with Gasteiger partial charge >= 0.3 is 0 Å². The molecule has 9 heteroatoms. The molecule has 0 atom stereocenters. The number of aliphatic imine (C=N–C) groups is 1. The fourth-order valence-corrected chi connectivity index (χ4v) is 6.22. The van der Waals surface area contributed by atoms with Crippen LogP contribution < -0.4 is 9.47 Å². The van der Waals surface area contributed by atoms with Gasteiger partial charge < -0.3 is 9.47 Å². The number of likely N-dealkylation sites (N-methyl/N-ethyl adjacent to an activating group) is 1. The highest BCUT2D eigenvalue weighted by Gasteiger charge is 2.30. The number of fused-ring (bicyclic) bond motifs is 1. The smallest absolute Gasteiger partial charge is 0.266 e. The first-order valence-corrected chi connectivity index (χ1v) is 15.2. The number of hydrogen-bond donors (Lipinski definition) is 0. The van der Waals surface area contributed by atoms with Gasteiger partial charge in [-0.15, -0.1) is 0 Å². The van der Waals surface area contributed by atoms with E-state index in [0.717, 1.165) is 19.2 Å². The summed E-state index contributed by atoms with van der Waals surface area (Å²) in [6.07, 6.45) is 1.86. The van der Waals surface area contributed by atoms with E-state index in [1.165, 1.54) is 22.5 Å². The Morgan fingerprint density at radius 3 is 2.62 bits per heavy atom. The third-order valence-corrected chi connectivity index (χ3v) is 9.05. The Labute approximate surface area is 258 Å². The predicted molar refractivity (Wildman–Crippen MR) is 173 cm³/mol. The van der Waals surface area contributed by atoms with Crippen LogP contribution >= 0.6 is 61.9 Å². The van der Waals surface area contributed by atoms with Crippen molar-refractivity contribution in [2.75, 3.05) is 13.7 Å². The first-order valence-electron chi connectivity index (χ1n) is 12.1. The maximum Gasteiger partial charge on any atom is 0.266 e. The van der Waals surface area contributed by atoms with Crippen LogP contribution in [0.15, 0.2) is 87.2 Å². The molecular formula is C30H23BrClIN2O3S. The molecule has 0 spiro atoms. The van der Waals surface area contributed by atoms with Crippen molar-refractivity contribution in [3.63, 3.8) is 0 Å². The number of hydrogen-bond acceptors (Lipinski definition) is 5. The molecule has 0 radical (unpaired) electrons. The maximum absolute atomic E-state index is 13.0. The molecule has 1 saturated heterocycles. The molecule has 1 aliphatic heterocycles. The number of amides is 1. The molecule has 4 aromatic rings. The number of ether oxygens (including phenoxy) is 2. The maximum atomic E-state index is 13.0. The van der Waals surface area contributed by atoms with E-state index in [-0.39, 0.29) is 5.91 Å². The summed E-state index contributed by atoms with van der Waals surface area (Å²) in [7, 11) is 1.72. The van der Waals surface area contributed by atoms with Crippen molar-refractivity contribution in [3.05, 3.63) is 102 Å². The van der Waals surface area contributed by atoms with Crippen LogP contribution in [0.4, 0.5) is 5.69 Å². The first-order chi connectivity index (χ1) is 18.8. The van der Waals surface area contributed by atoms with Crippen molar-refractivity contribution in [2.45, 2.75) is 13.5 Å². The van der Waals surface area contributed by atoms with Gasteiger partial charge in [0.2, 0.25) is 0 Å². The molecular weight excluding hydrogens is 711 g/mol. The molecule has 0 saturated carbocycles. The lowest BCUT2D eigenvalue weighted by atomic mass is 10.1. The molecule has 4 aromatic carbocycles. The van der Waals surface area contributed by atoms with Gasteiger partial charge in [-0.1, -0.05) is 48.0 Å². The normalized spacial score (nSPS) is 15.5. The molecule has 39 heavy (non-hydrogen) atoms. The van der Waals surface area contributed by atoms with Crippen LogP contribution in [0.3, 0.4) is 0 Å². The summed E-state index contributed by atoms with van der Waals surface area (Å²) >= 11 is 13.2. The molecule has 1 amide bonds. The van der Waals surface area contributed by atoms with E-state index in [9.17, 15) is 4.79 Å². The molecule has 0 unspecified atom stereocenters. The van der Waals surface area contributed by atoms with Crippen LogP contribution in [0, 0.1) is 3.57 Å². The van der Waals surface area contributed by atoms with Crippen molar-refractivity contribution in [1.82, 2.24) is 4.90 Å². The molecule has 198 valence electrons. The van der Waals surface area contributed by atoms with E-state index in [1.54, 1.807) is 18.0 Å². The molecule has 0 aromatic heterocycles. The topological polar surface area (TPSA) is 51.1 Å². The number of rotatable bonds is 7. The first kappa shape index (κ1) is 28.0. The Bertz CT molecular complexity index is 1640. The number of halogens is 3. The van der Waals surface area contributed by atoms with E-state index < -0.39 is 0 Å². The third kappa shape index (κ3) is 6.45. The van der Waals surface area contributed by atoms with Crippen LogP contribution in [0.1, 0.15) is 18.1 Å². The molecule has 0 aliphatic carbocycles. The van der Waals surface area contributed by atoms with Crippen LogP contribution in [-0.4, -0.2) is 29.6 Å². The summed E-state index contributed by atoms with van der Waals surface area (Å²) in [6, 6.07) is 23.9. The average molecular weight is 734 g/mol. The Kier molecular flexibility index (Phi) is 8.86. The number of benzene rings is 4. The standard InChI is InChI=1S/C30H23BrClIN2O3S/c1-3-37-26-14-19(13-25(33)28(26)38-17-18-8-9-20-6-4-5-7-21(20)12-18)15-27-29(36)35(2)30(39-27)34-22-10-11-23(31)24(32)16-22/h4-16H,3,17H2,1-2H3/b27-15+,34-30?. The van der Waals surface area contributed by atoms with E-state index in [2.05, 4.69) is 73.8 Å². The second kappa shape index (κ2) is 12.3. The highest BCUT2D eigenvalue weighted by atomic mass is 127. The number of thioether (sulfide) groups is 1. The van der Waals surface area contributed by atoms with Crippen molar-refractivity contribution in [3.8, 4) is 11.5 Å². The van der Waals surface area contributed by atoms with Crippen molar-refractivity contribution in [1.29, 1.82) is 0 Å². The van der Waals surface area contributed by atoms with Gasteiger partial charge in [0.25, 0.3) is 5.91 Å². The molecule has 1 fully saturated rings. The van der Waals surface area contributed by atoms with Gasteiger partial charge in [-0.05, 0) is 122 Å². The van der Waals surface area contributed by atoms with Crippen molar-refractivity contribution < 1.29 is 14.3 Å². The lowest BCUT2D eigenvalue weighted by molar-refractivity contribution is -0.121. The molecule has 1 heterocycles. The predicted octanol–water partition coefficient (Wildman–Crippen LogP) is 9.07. The monoisotopic (exact) mass is 732 g/mol.